The fraction of sp³-hybridized carbons (Fsp3) is 0.417. The summed E-state index contributed by atoms with van der Waals surface area (Å²) in [5.74, 6) is -0.377. The van der Waals surface area contributed by atoms with Crippen LogP contribution in [0.4, 0.5) is 18.9 Å². The van der Waals surface area contributed by atoms with Gasteiger partial charge in [-0.3, -0.25) is 9.10 Å². The molecule has 0 amide bonds. The van der Waals surface area contributed by atoms with Crippen LogP contribution >= 0.6 is 11.6 Å². The summed E-state index contributed by atoms with van der Waals surface area (Å²) in [5.41, 5.74) is -1.27. The third-order valence-electron chi connectivity index (χ3n) is 2.77. The zero-order chi connectivity index (χ0) is 16.4. The second kappa shape index (κ2) is 6.23. The van der Waals surface area contributed by atoms with Crippen LogP contribution in [-0.2, 0) is 21.0 Å². The molecule has 0 N–H and O–H groups in total. The van der Waals surface area contributed by atoms with E-state index in [0.717, 1.165) is 12.1 Å². The van der Waals surface area contributed by atoms with Crippen molar-refractivity contribution in [3.05, 3.63) is 29.8 Å². The molecule has 1 rings (SSSR count). The predicted octanol–water partition coefficient (Wildman–Crippen LogP) is 3.02. The summed E-state index contributed by atoms with van der Waals surface area (Å²) in [5, 5.41) is -0.982. The first kappa shape index (κ1) is 17.8. The predicted molar refractivity (Wildman–Crippen MR) is 73.7 cm³/mol. The van der Waals surface area contributed by atoms with E-state index in [1.807, 2.05) is 0 Å². The maximum atomic E-state index is 12.7. The van der Waals surface area contributed by atoms with Crippen LogP contribution in [0.5, 0.6) is 0 Å². The standard InChI is InChI=1S/C12H13ClF3NO3S/c1-3-21(19,20)17(8(2)11(13)18)10-6-4-5-9(7-10)12(14,15)16/h4-8H,3H2,1-2H3. The Morgan fingerprint density at radius 3 is 2.38 bits per heavy atom. The second-order valence-electron chi connectivity index (χ2n) is 4.22. The number of halogens is 4. The van der Waals surface area contributed by atoms with Crippen molar-refractivity contribution in [1.82, 2.24) is 0 Å². The quantitative estimate of drug-likeness (QED) is 0.772. The molecule has 0 fully saturated rings. The topological polar surface area (TPSA) is 54.5 Å². The number of sulfonamides is 1. The Balaban J connectivity index is 3.44. The van der Waals surface area contributed by atoms with Crippen LogP contribution in [0.3, 0.4) is 0 Å². The van der Waals surface area contributed by atoms with E-state index in [1.54, 1.807) is 0 Å². The van der Waals surface area contributed by atoms with Crippen LogP contribution in [0, 0.1) is 0 Å². The highest BCUT2D eigenvalue weighted by atomic mass is 35.5. The number of carbonyl (C=O) groups is 1. The molecule has 0 radical (unpaired) electrons. The molecule has 0 bridgehead atoms. The molecule has 4 nitrogen and oxygen atoms in total. The summed E-state index contributed by atoms with van der Waals surface area (Å²) >= 11 is 5.30. The van der Waals surface area contributed by atoms with Crippen molar-refractivity contribution in [2.75, 3.05) is 10.1 Å². The summed E-state index contributed by atoms with van der Waals surface area (Å²) in [6.45, 7) is 2.53. The molecule has 0 saturated carbocycles. The smallest absolute Gasteiger partial charge is 0.279 e. The van der Waals surface area contributed by atoms with Crippen molar-refractivity contribution in [3.63, 3.8) is 0 Å². The maximum absolute atomic E-state index is 12.7. The van der Waals surface area contributed by atoms with Gasteiger partial charge in [-0.15, -0.1) is 0 Å². The molecule has 0 aliphatic carbocycles. The van der Waals surface area contributed by atoms with Gasteiger partial charge in [0.2, 0.25) is 15.3 Å². The lowest BCUT2D eigenvalue weighted by molar-refractivity contribution is -0.137. The third-order valence-corrected chi connectivity index (χ3v) is 4.94. The molecule has 0 aliphatic rings. The van der Waals surface area contributed by atoms with Gasteiger partial charge in [0.05, 0.1) is 17.0 Å². The molecule has 9 heteroatoms. The van der Waals surface area contributed by atoms with Gasteiger partial charge in [-0.05, 0) is 43.6 Å². The molecule has 0 heterocycles. The highest BCUT2D eigenvalue weighted by Gasteiger charge is 2.34. The van der Waals surface area contributed by atoms with Crippen LogP contribution in [0.15, 0.2) is 24.3 Å². The van der Waals surface area contributed by atoms with Crippen molar-refractivity contribution >= 4 is 32.6 Å². The lowest BCUT2D eigenvalue weighted by Crippen LogP contribution is -2.42. The Bertz CT molecular complexity index is 631. The Morgan fingerprint density at radius 1 is 1.38 bits per heavy atom. The Labute approximate surface area is 125 Å². The molecule has 118 valence electrons. The SMILES string of the molecule is CCS(=O)(=O)N(c1cccc(C(F)(F)F)c1)C(C)C(=O)Cl. The van der Waals surface area contributed by atoms with E-state index in [0.29, 0.717) is 10.4 Å². The molecule has 1 unspecified atom stereocenters. The zero-order valence-electron chi connectivity index (χ0n) is 11.2. The van der Waals surface area contributed by atoms with E-state index in [2.05, 4.69) is 0 Å². The average Bonchev–Trinajstić information content (AvgIpc) is 2.38. The van der Waals surface area contributed by atoms with Crippen molar-refractivity contribution in [2.45, 2.75) is 26.1 Å². The molecule has 1 aromatic carbocycles. The largest absolute Gasteiger partial charge is 0.416 e. The van der Waals surface area contributed by atoms with Crippen molar-refractivity contribution in [2.24, 2.45) is 0 Å². The van der Waals surface area contributed by atoms with Crippen LogP contribution in [0.2, 0.25) is 0 Å². The van der Waals surface area contributed by atoms with Gasteiger partial charge >= 0.3 is 6.18 Å². The molecule has 0 saturated heterocycles. The first-order valence-electron chi connectivity index (χ1n) is 5.89. The van der Waals surface area contributed by atoms with E-state index in [9.17, 15) is 26.4 Å². The van der Waals surface area contributed by atoms with Crippen molar-refractivity contribution < 1.29 is 26.4 Å². The van der Waals surface area contributed by atoms with Gasteiger partial charge in [0.15, 0.2) is 0 Å². The van der Waals surface area contributed by atoms with Crippen LogP contribution in [0.1, 0.15) is 19.4 Å². The highest BCUT2D eigenvalue weighted by Crippen LogP contribution is 2.33. The third kappa shape index (κ3) is 4.10. The Kier molecular flexibility index (Phi) is 5.27. The number of rotatable bonds is 5. The van der Waals surface area contributed by atoms with Crippen LogP contribution < -0.4 is 4.31 Å². The summed E-state index contributed by atoms with van der Waals surface area (Å²) < 4.78 is 62.8. The van der Waals surface area contributed by atoms with Gasteiger partial charge in [-0.1, -0.05) is 6.07 Å². The van der Waals surface area contributed by atoms with Gasteiger partial charge in [0, 0.05) is 0 Å². The first-order valence-corrected chi connectivity index (χ1v) is 7.88. The van der Waals surface area contributed by atoms with Crippen molar-refractivity contribution in [1.29, 1.82) is 0 Å². The molecular weight excluding hydrogens is 331 g/mol. The van der Waals surface area contributed by atoms with Crippen LogP contribution in [0.25, 0.3) is 0 Å². The minimum Gasteiger partial charge on any atom is -0.279 e. The fourth-order valence-corrected chi connectivity index (χ4v) is 3.12. The van der Waals surface area contributed by atoms with E-state index >= 15 is 0 Å². The van der Waals surface area contributed by atoms with Crippen molar-refractivity contribution in [3.8, 4) is 0 Å². The number of hydrogen-bond donors (Lipinski definition) is 0. The minimum atomic E-state index is -4.62. The minimum absolute atomic E-state index is 0.256. The normalized spacial score (nSPS) is 13.8. The summed E-state index contributed by atoms with van der Waals surface area (Å²) in [4.78, 5) is 11.2. The van der Waals surface area contributed by atoms with Gasteiger partial charge in [-0.2, -0.15) is 13.2 Å². The van der Waals surface area contributed by atoms with Crippen LogP contribution in [-0.4, -0.2) is 25.5 Å². The lowest BCUT2D eigenvalue weighted by atomic mass is 10.2. The summed E-state index contributed by atoms with van der Waals surface area (Å²) in [7, 11) is -3.96. The Morgan fingerprint density at radius 2 is 1.95 bits per heavy atom. The Hall–Kier alpha value is -1.28. The van der Waals surface area contributed by atoms with E-state index in [-0.39, 0.29) is 11.4 Å². The summed E-state index contributed by atoms with van der Waals surface area (Å²) in [6.07, 6.45) is -4.62. The maximum Gasteiger partial charge on any atom is 0.416 e. The zero-order valence-corrected chi connectivity index (χ0v) is 12.8. The van der Waals surface area contributed by atoms with Gasteiger partial charge in [0.25, 0.3) is 0 Å². The molecular formula is C12H13ClF3NO3S. The number of carbonyl (C=O) groups excluding carboxylic acids is 1. The fourth-order valence-electron chi connectivity index (χ4n) is 1.68. The molecule has 0 aliphatic heterocycles. The molecule has 1 aromatic rings. The monoisotopic (exact) mass is 343 g/mol. The molecule has 0 spiro atoms. The molecule has 1 atom stereocenters. The lowest BCUT2D eigenvalue weighted by Gasteiger charge is -2.28. The number of hydrogen-bond acceptors (Lipinski definition) is 3. The average molecular weight is 344 g/mol. The van der Waals surface area contributed by atoms with E-state index in [1.165, 1.54) is 19.9 Å². The highest BCUT2D eigenvalue weighted by molar-refractivity contribution is 7.92. The first-order chi connectivity index (χ1) is 9.50. The van der Waals surface area contributed by atoms with E-state index < -0.39 is 33.0 Å². The number of benzene rings is 1. The summed E-state index contributed by atoms with van der Waals surface area (Å²) in [6, 6.07) is 2.43. The molecule has 0 aromatic heterocycles. The van der Waals surface area contributed by atoms with Gasteiger partial charge < -0.3 is 0 Å². The van der Waals surface area contributed by atoms with Gasteiger partial charge in [0.1, 0.15) is 6.04 Å². The second-order valence-corrected chi connectivity index (χ2v) is 6.73. The molecule has 21 heavy (non-hydrogen) atoms. The number of alkyl halides is 3. The number of anilines is 1. The number of nitrogens with zero attached hydrogens (tertiary/aromatic N) is 1. The van der Waals surface area contributed by atoms with E-state index in [4.69, 9.17) is 11.6 Å². The van der Waals surface area contributed by atoms with Gasteiger partial charge in [-0.25, -0.2) is 8.42 Å².